The van der Waals surface area contributed by atoms with Gasteiger partial charge in [-0.1, -0.05) is 26.0 Å². The van der Waals surface area contributed by atoms with Crippen molar-refractivity contribution in [2.24, 2.45) is 5.41 Å². The zero-order valence-electron chi connectivity index (χ0n) is 14.1. The number of methoxy groups -OCH3 is 1. The molecule has 126 valence electrons. The molecule has 1 fully saturated rings. The van der Waals surface area contributed by atoms with Crippen molar-refractivity contribution in [1.29, 1.82) is 0 Å². The smallest absolute Gasteiger partial charge is 0.121 e. The summed E-state index contributed by atoms with van der Waals surface area (Å²) in [5.41, 5.74) is 2.22. The summed E-state index contributed by atoms with van der Waals surface area (Å²) in [6, 6.07) is 6.58. The normalized spacial score (nSPS) is 17.7. The lowest BCUT2D eigenvalue weighted by molar-refractivity contribution is 0.0305. The predicted octanol–water partition coefficient (Wildman–Crippen LogP) is 2.39. The quantitative estimate of drug-likeness (QED) is 0.871. The molecule has 0 saturated carbocycles. The summed E-state index contributed by atoms with van der Waals surface area (Å²) in [4.78, 5) is 2.48. The number of piperazine rings is 1. The van der Waals surface area contributed by atoms with Crippen LogP contribution < -0.4 is 10.1 Å². The van der Waals surface area contributed by atoms with Gasteiger partial charge in [-0.05, 0) is 24.1 Å². The zero-order chi connectivity index (χ0) is 15.5. The first-order chi connectivity index (χ1) is 9.99. The number of aliphatic hydroxyl groups excluding tert-OH is 1. The molecule has 4 nitrogen and oxygen atoms in total. The Morgan fingerprint density at radius 2 is 1.95 bits per heavy atom. The van der Waals surface area contributed by atoms with E-state index in [9.17, 15) is 5.11 Å². The Labute approximate surface area is 140 Å². The number of hydrogen-bond acceptors (Lipinski definition) is 4. The van der Waals surface area contributed by atoms with Crippen LogP contribution in [-0.4, -0.2) is 49.9 Å². The minimum absolute atomic E-state index is 0. The standard InChI is InChI=1S/C17H28N2O2.ClH/c1-13-11-14(5-6-15(13)21-4)16(17(2,3)12-20)19-9-7-18-8-10-19;/h5-6,11,16,18,20H,7-10,12H2,1-4H3;1H/t16-;/m1./s1. The topological polar surface area (TPSA) is 44.7 Å². The molecular formula is C17H29ClN2O2. The third-order valence-corrected chi connectivity index (χ3v) is 4.40. The Bertz CT molecular complexity index is 474. The molecule has 1 aliphatic heterocycles. The van der Waals surface area contributed by atoms with E-state index in [-0.39, 0.29) is 30.5 Å². The Hall–Kier alpha value is -0.810. The molecule has 1 saturated heterocycles. The van der Waals surface area contributed by atoms with Crippen LogP contribution in [0.1, 0.15) is 31.0 Å². The number of rotatable bonds is 5. The monoisotopic (exact) mass is 328 g/mol. The van der Waals surface area contributed by atoms with Gasteiger partial charge in [0.2, 0.25) is 0 Å². The van der Waals surface area contributed by atoms with E-state index in [4.69, 9.17) is 4.74 Å². The predicted molar refractivity (Wildman–Crippen MR) is 93.0 cm³/mol. The second-order valence-electron chi connectivity index (χ2n) is 6.56. The van der Waals surface area contributed by atoms with E-state index < -0.39 is 0 Å². The van der Waals surface area contributed by atoms with Crippen LogP contribution in [0.2, 0.25) is 0 Å². The van der Waals surface area contributed by atoms with Crippen LogP contribution in [-0.2, 0) is 0 Å². The third-order valence-electron chi connectivity index (χ3n) is 4.40. The van der Waals surface area contributed by atoms with Crippen LogP contribution in [0.5, 0.6) is 5.75 Å². The highest BCUT2D eigenvalue weighted by molar-refractivity contribution is 5.85. The van der Waals surface area contributed by atoms with Crippen molar-refractivity contribution in [1.82, 2.24) is 10.2 Å². The van der Waals surface area contributed by atoms with E-state index in [1.54, 1.807) is 7.11 Å². The van der Waals surface area contributed by atoms with Crippen LogP contribution in [0.4, 0.5) is 0 Å². The van der Waals surface area contributed by atoms with E-state index in [1.165, 1.54) is 5.56 Å². The summed E-state index contributed by atoms with van der Waals surface area (Å²) in [5, 5.41) is 13.3. The molecule has 0 spiro atoms. The zero-order valence-corrected chi connectivity index (χ0v) is 14.9. The van der Waals surface area contributed by atoms with Gasteiger partial charge in [0.25, 0.3) is 0 Å². The summed E-state index contributed by atoms with van der Waals surface area (Å²) in [6.07, 6.45) is 0. The third kappa shape index (κ3) is 4.13. The fraction of sp³-hybridized carbons (Fsp3) is 0.647. The van der Waals surface area contributed by atoms with Gasteiger partial charge in [0, 0.05) is 44.2 Å². The SMILES string of the molecule is COc1ccc([C@@H](N2CCNCC2)C(C)(C)CO)cc1C.Cl. The molecule has 0 unspecified atom stereocenters. The molecule has 1 heterocycles. The van der Waals surface area contributed by atoms with Crippen LogP contribution in [0.15, 0.2) is 18.2 Å². The minimum atomic E-state index is -0.182. The van der Waals surface area contributed by atoms with Gasteiger partial charge in [-0.2, -0.15) is 0 Å². The highest BCUT2D eigenvalue weighted by Crippen LogP contribution is 2.39. The van der Waals surface area contributed by atoms with Gasteiger partial charge < -0.3 is 15.2 Å². The number of aliphatic hydroxyl groups is 1. The number of aryl methyl sites for hydroxylation is 1. The van der Waals surface area contributed by atoms with Gasteiger partial charge in [0.1, 0.15) is 5.75 Å². The van der Waals surface area contributed by atoms with E-state index in [0.29, 0.717) is 0 Å². The molecule has 22 heavy (non-hydrogen) atoms. The number of ether oxygens (including phenoxy) is 1. The Balaban J connectivity index is 0.00000242. The summed E-state index contributed by atoms with van der Waals surface area (Å²) < 4.78 is 5.36. The van der Waals surface area contributed by atoms with E-state index in [0.717, 1.165) is 37.5 Å². The Morgan fingerprint density at radius 1 is 1.32 bits per heavy atom. The van der Waals surface area contributed by atoms with Crippen LogP contribution in [0.3, 0.4) is 0 Å². The fourth-order valence-electron chi connectivity index (χ4n) is 3.25. The van der Waals surface area contributed by atoms with Gasteiger partial charge in [0.05, 0.1) is 7.11 Å². The highest BCUT2D eigenvalue weighted by atomic mass is 35.5. The van der Waals surface area contributed by atoms with Crippen LogP contribution >= 0.6 is 12.4 Å². The molecule has 0 aliphatic carbocycles. The van der Waals surface area contributed by atoms with Crippen molar-refractivity contribution in [3.8, 4) is 5.75 Å². The molecule has 0 bridgehead atoms. The molecule has 1 aromatic carbocycles. The fourth-order valence-corrected chi connectivity index (χ4v) is 3.25. The molecule has 1 aromatic rings. The lowest BCUT2D eigenvalue weighted by Gasteiger charge is -2.43. The van der Waals surface area contributed by atoms with Crippen molar-refractivity contribution in [2.45, 2.75) is 26.8 Å². The van der Waals surface area contributed by atoms with Crippen molar-refractivity contribution < 1.29 is 9.84 Å². The van der Waals surface area contributed by atoms with Crippen molar-refractivity contribution in [2.75, 3.05) is 39.9 Å². The first kappa shape index (κ1) is 19.2. The number of benzene rings is 1. The molecular weight excluding hydrogens is 300 g/mol. The van der Waals surface area contributed by atoms with Gasteiger partial charge >= 0.3 is 0 Å². The molecule has 1 aliphatic rings. The van der Waals surface area contributed by atoms with Crippen molar-refractivity contribution >= 4 is 12.4 Å². The second-order valence-corrected chi connectivity index (χ2v) is 6.56. The first-order valence-electron chi connectivity index (χ1n) is 7.70. The van der Waals surface area contributed by atoms with Crippen LogP contribution in [0, 0.1) is 12.3 Å². The summed E-state index contributed by atoms with van der Waals surface area (Å²) in [6.45, 7) is 10.6. The molecule has 1 atom stereocenters. The van der Waals surface area contributed by atoms with Gasteiger partial charge in [-0.3, -0.25) is 4.90 Å². The second kappa shape index (κ2) is 8.16. The maximum Gasteiger partial charge on any atom is 0.121 e. The number of nitrogens with zero attached hydrogens (tertiary/aromatic N) is 1. The van der Waals surface area contributed by atoms with Crippen molar-refractivity contribution in [3.05, 3.63) is 29.3 Å². The Morgan fingerprint density at radius 3 is 2.45 bits per heavy atom. The van der Waals surface area contributed by atoms with E-state index in [1.807, 2.05) is 6.07 Å². The minimum Gasteiger partial charge on any atom is -0.496 e. The Kier molecular flexibility index (Phi) is 7.13. The van der Waals surface area contributed by atoms with E-state index in [2.05, 4.69) is 43.1 Å². The molecule has 0 aromatic heterocycles. The van der Waals surface area contributed by atoms with Gasteiger partial charge in [-0.25, -0.2) is 0 Å². The maximum atomic E-state index is 9.86. The summed E-state index contributed by atoms with van der Waals surface area (Å²) >= 11 is 0. The number of halogens is 1. The van der Waals surface area contributed by atoms with E-state index >= 15 is 0 Å². The molecule has 2 rings (SSSR count). The highest BCUT2D eigenvalue weighted by Gasteiger charge is 2.35. The summed E-state index contributed by atoms with van der Waals surface area (Å²) in [5.74, 6) is 0.916. The lowest BCUT2D eigenvalue weighted by atomic mass is 9.79. The molecule has 0 amide bonds. The molecule has 0 radical (unpaired) electrons. The summed E-state index contributed by atoms with van der Waals surface area (Å²) in [7, 11) is 1.70. The molecule has 2 N–H and O–H groups in total. The largest absolute Gasteiger partial charge is 0.496 e. The average molecular weight is 329 g/mol. The van der Waals surface area contributed by atoms with Crippen molar-refractivity contribution in [3.63, 3.8) is 0 Å². The van der Waals surface area contributed by atoms with Gasteiger partial charge in [0.15, 0.2) is 0 Å². The maximum absolute atomic E-state index is 9.86. The first-order valence-corrected chi connectivity index (χ1v) is 7.70. The van der Waals surface area contributed by atoms with Crippen LogP contribution in [0.25, 0.3) is 0 Å². The average Bonchev–Trinajstić information content (AvgIpc) is 2.48. The number of nitrogens with one attached hydrogen (secondary N) is 1. The van der Waals surface area contributed by atoms with Gasteiger partial charge in [-0.15, -0.1) is 12.4 Å². The molecule has 5 heteroatoms. The number of hydrogen-bond donors (Lipinski definition) is 2. The lowest BCUT2D eigenvalue weighted by Crippen LogP contribution is -2.49.